The molecule has 0 aliphatic carbocycles. The number of pyridine rings is 1. The molecule has 0 atom stereocenters. The molecular weight excluding hydrogens is 338 g/mol. The van der Waals surface area contributed by atoms with E-state index in [4.69, 9.17) is 10.00 Å². The normalized spacial score (nSPS) is 11.0. The van der Waals surface area contributed by atoms with Crippen molar-refractivity contribution in [3.05, 3.63) is 48.3 Å². The minimum atomic E-state index is 0. The Morgan fingerprint density at radius 2 is 1.96 bits per heavy atom. The van der Waals surface area contributed by atoms with Crippen LogP contribution in [0.3, 0.4) is 0 Å². The predicted octanol–water partition coefficient (Wildman–Crippen LogP) is 3.74. The number of halogens is 1. The summed E-state index contributed by atoms with van der Waals surface area (Å²) in [5.41, 5.74) is 1.83. The molecule has 25 heavy (non-hydrogen) atoms. The summed E-state index contributed by atoms with van der Waals surface area (Å²) in [7, 11) is 0. The number of fused-ring (bicyclic) bond motifs is 1. The van der Waals surface area contributed by atoms with Gasteiger partial charge in [-0.15, -0.1) is 12.4 Å². The highest BCUT2D eigenvalue weighted by atomic mass is 35.5. The Labute approximate surface area is 152 Å². The van der Waals surface area contributed by atoms with Gasteiger partial charge in [0.2, 0.25) is 5.82 Å². The van der Waals surface area contributed by atoms with Crippen LogP contribution in [0.1, 0.15) is 32.3 Å². The number of ether oxygens (including phenoxy) is 1. The lowest BCUT2D eigenvalue weighted by atomic mass is 9.97. The van der Waals surface area contributed by atoms with Gasteiger partial charge in [-0.25, -0.2) is 9.97 Å². The Kier molecular flexibility index (Phi) is 5.60. The monoisotopic (exact) mass is 357 g/mol. The molecule has 0 amide bonds. The van der Waals surface area contributed by atoms with E-state index in [9.17, 15) is 0 Å². The summed E-state index contributed by atoms with van der Waals surface area (Å²) in [5, 5.41) is 9.97. The third kappa shape index (κ3) is 4.46. The van der Waals surface area contributed by atoms with Crippen molar-refractivity contribution in [3.63, 3.8) is 0 Å². The van der Waals surface area contributed by atoms with Crippen LogP contribution in [0.5, 0.6) is 5.75 Å². The first-order chi connectivity index (χ1) is 11.5. The summed E-state index contributed by atoms with van der Waals surface area (Å²) >= 11 is 0. The van der Waals surface area contributed by atoms with Gasteiger partial charge in [0.1, 0.15) is 24.1 Å². The van der Waals surface area contributed by atoms with Crippen LogP contribution in [-0.2, 0) is 13.2 Å². The molecule has 130 valence electrons. The van der Waals surface area contributed by atoms with Crippen molar-refractivity contribution in [1.29, 1.82) is 5.26 Å². The quantitative estimate of drug-likeness (QED) is 0.710. The van der Waals surface area contributed by atoms with Gasteiger partial charge in [-0.1, -0.05) is 20.8 Å². The van der Waals surface area contributed by atoms with Crippen LogP contribution in [0.15, 0.2) is 36.8 Å². The van der Waals surface area contributed by atoms with Gasteiger partial charge in [-0.3, -0.25) is 4.98 Å². The van der Waals surface area contributed by atoms with Crippen molar-refractivity contribution in [2.24, 2.45) is 5.41 Å². The maximum atomic E-state index is 9.06. The fourth-order valence-corrected chi connectivity index (χ4v) is 2.51. The third-order valence-corrected chi connectivity index (χ3v) is 3.49. The molecule has 0 N–H and O–H groups in total. The van der Waals surface area contributed by atoms with Crippen molar-refractivity contribution < 1.29 is 4.74 Å². The standard InChI is InChI=1S/C18H19N5O.ClH/c1-18(2,3)12-23-14(11-24-15-4-6-20-7-5-15)8-13-10-21-16(9-19)22-17(13)23;/h4-8,10H,11-12H2,1-3H3;1H. The second-order valence-electron chi connectivity index (χ2n) is 6.84. The van der Waals surface area contributed by atoms with E-state index in [1.807, 2.05) is 24.3 Å². The molecule has 0 aliphatic rings. The second kappa shape index (κ2) is 7.49. The smallest absolute Gasteiger partial charge is 0.234 e. The zero-order chi connectivity index (χ0) is 17.2. The van der Waals surface area contributed by atoms with Gasteiger partial charge in [-0.2, -0.15) is 5.26 Å². The van der Waals surface area contributed by atoms with Crippen LogP contribution in [0.2, 0.25) is 0 Å². The molecule has 3 aromatic heterocycles. The van der Waals surface area contributed by atoms with Gasteiger partial charge in [-0.05, 0) is 23.6 Å². The second-order valence-corrected chi connectivity index (χ2v) is 6.84. The topological polar surface area (TPSA) is 76.6 Å². The van der Waals surface area contributed by atoms with Gasteiger partial charge >= 0.3 is 0 Å². The van der Waals surface area contributed by atoms with Gasteiger partial charge < -0.3 is 9.30 Å². The molecule has 7 heteroatoms. The molecule has 0 spiro atoms. The lowest BCUT2D eigenvalue weighted by Crippen LogP contribution is -2.18. The molecule has 0 bridgehead atoms. The lowest BCUT2D eigenvalue weighted by molar-refractivity contribution is 0.280. The predicted molar refractivity (Wildman–Crippen MR) is 97.5 cm³/mol. The molecule has 0 saturated heterocycles. The molecule has 6 nitrogen and oxygen atoms in total. The number of rotatable bonds is 4. The Hall–Kier alpha value is -2.65. The molecule has 3 heterocycles. The Morgan fingerprint density at radius 1 is 1.24 bits per heavy atom. The summed E-state index contributed by atoms with van der Waals surface area (Å²) in [6, 6.07) is 7.67. The number of hydrogen-bond donors (Lipinski definition) is 0. The zero-order valence-corrected chi connectivity index (χ0v) is 15.2. The SMILES string of the molecule is CC(C)(C)Cn1c(COc2ccncc2)cc2cnc(C#N)nc21.Cl. The maximum Gasteiger partial charge on any atom is 0.234 e. The average Bonchev–Trinajstić information content (AvgIpc) is 2.89. The van der Waals surface area contributed by atoms with E-state index >= 15 is 0 Å². The number of nitriles is 1. The van der Waals surface area contributed by atoms with Crippen LogP contribution >= 0.6 is 12.4 Å². The van der Waals surface area contributed by atoms with Crippen LogP contribution in [0.25, 0.3) is 11.0 Å². The minimum absolute atomic E-state index is 0. The van der Waals surface area contributed by atoms with E-state index in [1.165, 1.54) is 0 Å². The van der Waals surface area contributed by atoms with E-state index in [-0.39, 0.29) is 23.6 Å². The van der Waals surface area contributed by atoms with E-state index in [0.29, 0.717) is 6.61 Å². The number of aromatic nitrogens is 4. The molecule has 3 aromatic rings. The Balaban J connectivity index is 0.00000225. The number of hydrogen-bond acceptors (Lipinski definition) is 5. The zero-order valence-electron chi connectivity index (χ0n) is 14.4. The fraction of sp³-hybridized carbons (Fsp3) is 0.333. The molecule has 0 unspecified atom stereocenters. The Bertz CT molecular complexity index is 893. The highest BCUT2D eigenvalue weighted by molar-refractivity contribution is 5.85. The average molecular weight is 358 g/mol. The highest BCUT2D eigenvalue weighted by Crippen LogP contribution is 2.25. The van der Waals surface area contributed by atoms with Crippen molar-refractivity contribution in [1.82, 2.24) is 19.5 Å². The van der Waals surface area contributed by atoms with E-state index in [2.05, 4.69) is 40.3 Å². The maximum absolute atomic E-state index is 9.06. The molecule has 0 aromatic carbocycles. The molecule has 0 saturated carbocycles. The van der Waals surface area contributed by atoms with Gasteiger partial charge in [0.05, 0.1) is 5.69 Å². The van der Waals surface area contributed by atoms with Gasteiger partial charge in [0, 0.05) is 30.5 Å². The molecule has 0 aliphatic heterocycles. The van der Waals surface area contributed by atoms with Crippen LogP contribution in [-0.4, -0.2) is 19.5 Å². The van der Waals surface area contributed by atoms with Crippen LogP contribution in [0, 0.1) is 16.7 Å². The summed E-state index contributed by atoms with van der Waals surface area (Å²) in [5.74, 6) is 0.943. The van der Waals surface area contributed by atoms with E-state index in [0.717, 1.165) is 29.0 Å². The summed E-state index contributed by atoms with van der Waals surface area (Å²) in [6.45, 7) is 7.68. The highest BCUT2D eigenvalue weighted by Gasteiger charge is 2.18. The summed E-state index contributed by atoms with van der Waals surface area (Å²) < 4.78 is 7.97. The fourth-order valence-electron chi connectivity index (χ4n) is 2.51. The Morgan fingerprint density at radius 3 is 2.60 bits per heavy atom. The van der Waals surface area contributed by atoms with E-state index < -0.39 is 0 Å². The van der Waals surface area contributed by atoms with Crippen molar-refractivity contribution in [2.45, 2.75) is 33.9 Å². The first-order valence-corrected chi connectivity index (χ1v) is 7.74. The first-order valence-electron chi connectivity index (χ1n) is 7.74. The molecule has 0 fully saturated rings. The van der Waals surface area contributed by atoms with Gasteiger partial charge in [0.25, 0.3) is 0 Å². The number of nitrogens with zero attached hydrogens (tertiary/aromatic N) is 5. The van der Waals surface area contributed by atoms with Crippen molar-refractivity contribution in [2.75, 3.05) is 0 Å². The molecule has 3 rings (SSSR count). The molecular formula is C18H20ClN5O. The van der Waals surface area contributed by atoms with Crippen molar-refractivity contribution in [3.8, 4) is 11.8 Å². The van der Waals surface area contributed by atoms with E-state index in [1.54, 1.807) is 18.6 Å². The summed E-state index contributed by atoms with van der Waals surface area (Å²) in [4.78, 5) is 12.4. The van der Waals surface area contributed by atoms with Crippen LogP contribution < -0.4 is 4.74 Å². The first kappa shape index (κ1) is 18.7. The minimum Gasteiger partial charge on any atom is -0.487 e. The van der Waals surface area contributed by atoms with Gasteiger partial charge in [0.15, 0.2) is 0 Å². The molecule has 0 radical (unpaired) electrons. The third-order valence-electron chi connectivity index (χ3n) is 3.49. The summed E-state index contributed by atoms with van der Waals surface area (Å²) in [6.07, 6.45) is 5.09. The lowest BCUT2D eigenvalue weighted by Gasteiger charge is -2.21. The van der Waals surface area contributed by atoms with Crippen molar-refractivity contribution >= 4 is 23.4 Å². The van der Waals surface area contributed by atoms with Crippen LogP contribution in [0.4, 0.5) is 0 Å². The largest absolute Gasteiger partial charge is 0.487 e.